The van der Waals surface area contributed by atoms with Crippen molar-refractivity contribution in [2.45, 2.75) is 52.6 Å². The predicted molar refractivity (Wildman–Crippen MR) is 252 cm³/mol. The molecule has 0 saturated carbocycles. The molecule has 0 aliphatic rings. The number of halogens is 6. The molecule has 0 radical (unpaired) electrons. The monoisotopic (exact) mass is 982 g/mol. The molecule has 0 heterocycles. The van der Waals surface area contributed by atoms with Crippen LogP contribution in [0.4, 0.5) is 34.1 Å². The Morgan fingerprint density at radius 1 is 0.469 bits per heavy atom. The van der Waals surface area contributed by atoms with Gasteiger partial charge in [-0.15, -0.1) is 0 Å². The first-order chi connectivity index (χ1) is 30.3. The van der Waals surface area contributed by atoms with E-state index in [2.05, 4.69) is 41.7 Å². The Kier molecular flexibility index (Phi) is 17.1. The highest BCUT2D eigenvalue weighted by atomic mass is 35.5. The average Bonchev–Trinajstić information content (AvgIpc) is 3.22. The number of ketones is 2. The molecule has 0 bridgehead atoms. The van der Waals surface area contributed by atoms with E-state index in [0.29, 0.717) is 56.8 Å². The molecule has 0 aromatic heterocycles. The Morgan fingerprint density at radius 3 is 1.17 bits per heavy atom. The van der Waals surface area contributed by atoms with Crippen molar-refractivity contribution in [3.8, 4) is 0 Å². The van der Waals surface area contributed by atoms with E-state index in [4.69, 9.17) is 69.6 Å². The van der Waals surface area contributed by atoms with Crippen molar-refractivity contribution in [3.05, 3.63) is 137 Å². The lowest BCUT2D eigenvalue weighted by atomic mass is 10.0. The number of nitrogens with zero attached hydrogens (tertiary/aromatic N) is 4. The van der Waals surface area contributed by atoms with E-state index >= 15 is 0 Å². The van der Waals surface area contributed by atoms with Gasteiger partial charge >= 0.3 is 0 Å². The van der Waals surface area contributed by atoms with Crippen molar-refractivity contribution < 1.29 is 28.8 Å². The van der Waals surface area contributed by atoms with Gasteiger partial charge in [-0.25, -0.2) is 0 Å². The summed E-state index contributed by atoms with van der Waals surface area (Å²) in [4.78, 5) is 78.7. The van der Waals surface area contributed by atoms with E-state index in [-0.39, 0.29) is 42.6 Å². The third-order valence-corrected chi connectivity index (χ3v) is 10.6. The summed E-state index contributed by atoms with van der Waals surface area (Å²) in [5.74, 6) is -3.98. The zero-order chi connectivity index (χ0) is 46.8. The third-order valence-electron chi connectivity index (χ3n) is 9.10. The van der Waals surface area contributed by atoms with E-state index < -0.39 is 47.3 Å². The van der Waals surface area contributed by atoms with Gasteiger partial charge in [0, 0.05) is 42.6 Å². The Hall–Kier alpha value is -5.74. The Balaban J connectivity index is 1.31. The number of benzene rings is 5. The third kappa shape index (κ3) is 13.2. The average molecular weight is 986 g/mol. The molecule has 64 heavy (non-hydrogen) atoms. The highest BCUT2D eigenvalue weighted by Crippen LogP contribution is 2.31. The molecule has 2 atom stereocenters. The molecule has 0 aliphatic carbocycles. The van der Waals surface area contributed by atoms with Gasteiger partial charge in [-0.2, -0.15) is 20.5 Å². The number of Topliss-reactive ketones (excluding diaryl/α,β-unsaturated/α-hetero) is 2. The number of amides is 4. The molecule has 4 amide bonds. The number of nitrogens with one attached hydrogen (secondary N) is 4. The number of anilines is 4. The summed E-state index contributed by atoms with van der Waals surface area (Å²) >= 11 is 36.9. The van der Waals surface area contributed by atoms with Crippen LogP contribution < -0.4 is 21.3 Å². The van der Waals surface area contributed by atoms with Gasteiger partial charge in [-0.1, -0.05) is 83.5 Å². The molecule has 0 spiro atoms. The van der Waals surface area contributed by atoms with Crippen molar-refractivity contribution in [2.75, 3.05) is 21.3 Å². The quantitative estimate of drug-likeness (QED) is 0.0560. The van der Waals surface area contributed by atoms with Crippen LogP contribution in [0.1, 0.15) is 59.5 Å². The number of hydrogen-bond acceptors (Lipinski definition) is 10. The summed E-state index contributed by atoms with van der Waals surface area (Å²) in [6, 6.07) is 17.5. The molecule has 20 heteroatoms. The fraction of sp³-hybridized carbons (Fsp3) is 0.182. The standard InChI is InChI=1S/C44H36Cl6N8O6/c1-5-23-15-38(54-44(64)40(22(4)60)58-56-32-14-26(12-30(48)18-32)42(62)52-36-10-8-28(46)20-34(36)50)24(6-2)16-37(23)53-43(63)39(21(3)59)57-55-31-13-25(11-29(47)17-31)41(61)51-35-9-7-27(45)19-33(35)49/h7-20,39-40H,5-6H2,1-4H3,(H,51,61)(H,52,62)(H,53,63)(H,54,64). The van der Waals surface area contributed by atoms with E-state index in [0.717, 1.165) is 0 Å². The Labute approximate surface area is 397 Å². The van der Waals surface area contributed by atoms with Crippen LogP contribution in [0.3, 0.4) is 0 Å². The lowest BCUT2D eigenvalue weighted by Crippen LogP contribution is -2.33. The second-order valence-corrected chi connectivity index (χ2v) is 16.4. The summed E-state index contributed by atoms with van der Waals surface area (Å²) < 4.78 is 0. The SMILES string of the molecule is CCc1cc(NC(=O)C(N=Nc2cc(Cl)cc(C(=O)Nc3ccc(Cl)cc3Cl)c2)C(C)=O)c(CC)cc1NC(=O)C(N=Nc1cc(Cl)cc(C(=O)Nc2ccc(Cl)cc2Cl)c1)C(C)=O. The molecule has 0 fully saturated rings. The lowest BCUT2D eigenvalue weighted by molar-refractivity contribution is -0.127. The summed E-state index contributed by atoms with van der Waals surface area (Å²) in [5, 5.41) is 28.4. The first-order valence-corrected chi connectivity index (χ1v) is 21.4. The van der Waals surface area contributed by atoms with Gasteiger partial charge < -0.3 is 21.3 Å². The Bertz CT molecular complexity index is 2560. The molecular weight excluding hydrogens is 949 g/mol. The number of carbonyl (C=O) groups excluding carboxylic acids is 6. The lowest BCUT2D eigenvalue weighted by Gasteiger charge is -2.18. The maximum absolute atomic E-state index is 13.6. The van der Waals surface area contributed by atoms with Crippen LogP contribution in [0.15, 0.2) is 105 Å². The van der Waals surface area contributed by atoms with E-state index in [1.165, 1.54) is 74.5 Å². The van der Waals surface area contributed by atoms with Crippen molar-refractivity contribution in [2.24, 2.45) is 20.5 Å². The van der Waals surface area contributed by atoms with Crippen LogP contribution in [0.2, 0.25) is 30.1 Å². The molecule has 0 aliphatic heterocycles. The van der Waals surface area contributed by atoms with Crippen LogP contribution >= 0.6 is 69.6 Å². The largest absolute Gasteiger partial charge is 0.323 e. The summed E-state index contributed by atoms with van der Waals surface area (Å²) in [6.07, 6.45) is 0.738. The number of azo groups is 2. The minimum atomic E-state index is -1.59. The number of hydrogen-bond donors (Lipinski definition) is 4. The highest BCUT2D eigenvalue weighted by Gasteiger charge is 2.27. The van der Waals surface area contributed by atoms with Gasteiger partial charge in [0.05, 0.1) is 32.8 Å². The zero-order valence-corrected chi connectivity index (χ0v) is 38.7. The number of aryl methyl sites for hydroxylation is 2. The molecule has 5 aromatic rings. The fourth-order valence-corrected chi connectivity index (χ4v) is 7.26. The molecule has 5 rings (SSSR count). The molecule has 5 aromatic carbocycles. The number of rotatable bonds is 16. The smallest absolute Gasteiger partial charge is 0.258 e. The zero-order valence-electron chi connectivity index (χ0n) is 34.2. The summed E-state index contributed by atoms with van der Waals surface area (Å²) in [6.45, 7) is 5.98. The Morgan fingerprint density at radius 2 is 0.844 bits per heavy atom. The van der Waals surface area contributed by atoms with Gasteiger partial charge in [0.25, 0.3) is 23.6 Å². The minimum absolute atomic E-state index is 0.0885. The molecular formula is C44H36Cl6N8O6. The summed E-state index contributed by atoms with van der Waals surface area (Å²) in [5.41, 5.74) is 2.80. The van der Waals surface area contributed by atoms with Gasteiger partial charge in [0.15, 0.2) is 11.6 Å². The van der Waals surface area contributed by atoms with E-state index in [1.54, 1.807) is 24.3 Å². The van der Waals surface area contributed by atoms with Gasteiger partial charge in [0.2, 0.25) is 12.1 Å². The second-order valence-electron chi connectivity index (χ2n) is 13.9. The van der Waals surface area contributed by atoms with Crippen LogP contribution in [0, 0.1) is 0 Å². The van der Waals surface area contributed by atoms with Gasteiger partial charge in [-0.05, 0) is 123 Å². The second kappa shape index (κ2) is 22.2. The van der Waals surface area contributed by atoms with E-state index in [9.17, 15) is 28.8 Å². The molecule has 330 valence electrons. The fourth-order valence-electron chi connectivity index (χ4n) is 5.89. The molecule has 4 N–H and O–H groups in total. The molecule has 0 saturated heterocycles. The van der Waals surface area contributed by atoms with Crippen LogP contribution in [-0.4, -0.2) is 47.3 Å². The number of carbonyl (C=O) groups is 6. The highest BCUT2D eigenvalue weighted by molar-refractivity contribution is 6.38. The van der Waals surface area contributed by atoms with E-state index in [1.807, 2.05) is 13.8 Å². The van der Waals surface area contributed by atoms with Crippen LogP contribution in [0.5, 0.6) is 0 Å². The maximum atomic E-state index is 13.6. The van der Waals surface area contributed by atoms with Crippen molar-refractivity contribution in [3.63, 3.8) is 0 Å². The van der Waals surface area contributed by atoms with Crippen LogP contribution in [-0.2, 0) is 32.0 Å². The first kappa shape index (κ1) is 49.3. The minimum Gasteiger partial charge on any atom is -0.323 e. The van der Waals surface area contributed by atoms with Crippen LogP contribution in [0.25, 0.3) is 0 Å². The van der Waals surface area contributed by atoms with Crippen molar-refractivity contribution in [1.82, 2.24) is 0 Å². The first-order valence-electron chi connectivity index (χ1n) is 19.1. The maximum Gasteiger partial charge on any atom is 0.258 e. The summed E-state index contributed by atoms with van der Waals surface area (Å²) in [7, 11) is 0. The predicted octanol–water partition coefficient (Wildman–Crippen LogP) is 12.6. The van der Waals surface area contributed by atoms with Crippen molar-refractivity contribution >= 4 is 139 Å². The topological polar surface area (TPSA) is 200 Å². The normalized spacial score (nSPS) is 12.2. The molecule has 2 unspecified atom stereocenters. The van der Waals surface area contributed by atoms with Crippen molar-refractivity contribution in [1.29, 1.82) is 0 Å². The van der Waals surface area contributed by atoms with Gasteiger partial charge in [-0.3, -0.25) is 28.8 Å². The molecule has 14 nitrogen and oxygen atoms in total. The van der Waals surface area contributed by atoms with Gasteiger partial charge in [0.1, 0.15) is 0 Å².